The van der Waals surface area contributed by atoms with Gasteiger partial charge in [-0.15, -0.1) is 0 Å². The maximum Gasteiger partial charge on any atom is 0.173 e. The first-order valence-electron chi connectivity index (χ1n) is 7.09. The summed E-state index contributed by atoms with van der Waals surface area (Å²) < 4.78 is 8.19. The van der Waals surface area contributed by atoms with Crippen molar-refractivity contribution >= 4 is 26.8 Å². The van der Waals surface area contributed by atoms with Gasteiger partial charge in [0.25, 0.3) is 0 Å². The van der Waals surface area contributed by atoms with Crippen LogP contribution in [0.2, 0.25) is 0 Å². The van der Waals surface area contributed by atoms with Gasteiger partial charge in [0, 0.05) is 30.0 Å². The maximum absolute atomic E-state index is 5.35. The van der Waals surface area contributed by atoms with Crippen LogP contribution in [-0.4, -0.2) is 16.8 Å². The zero-order valence-corrected chi connectivity index (χ0v) is 13.7. The number of fused-ring (bicyclic) bond motifs is 1. The van der Waals surface area contributed by atoms with Crippen LogP contribution in [0.4, 0.5) is 0 Å². The first-order chi connectivity index (χ1) is 10.2. The third-order valence-corrected chi connectivity index (χ3v) is 4.45. The van der Waals surface area contributed by atoms with Crippen molar-refractivity contribution in [1.29, 1.82) is 0 Å². The zero-order chi connectivity index (χ0) is 14.8. The lowest BCUT2D eigenvalue weighted by Gasteiger charge is -2.13. The van der Waals surface area contributed by atoms with Gasteiger partial charge in [-0.05, 0) is 42.0 Å². The van der Waals surface area contributed by atoms with Gasteiger partial charge in [0.05, 0.1) is 17.5 Å². The molecule has 4 nitrogen and oxygen atoms in total. The molecule has 1 unspecified atom stereocenters. The average Bonchev–Trinajstić information content (AvgIpc) is 3.09. The van der Waals surface area contributed by atoms with Crippen LogP contribution in [0, 0.1) is 0 Å². The normalized spacial score (nSPS) is 12.9. The lowest BCUT2D eigenvalue weighted by Crippen LogP contribution is -2.19. The summed E-state index contributed by atoms with van der Waals surface area (Å²) in [4.78, 5) is 0. The summed E-state index contributed by atoms with van der Waals surface area (Å²) in [5.74, 6) is 0. The molecule has 0 spiro atoms. The van der Waals surface area contributed by atoms with Crippen molar-refractivity contribution in [3.05, 3.63) is 52.5 Å². The van der Waals surface area contributed by atoms with Crippen LogP contribution in [-0.2, 0) is 13.0 Å². The summed E-state index contributed by atoms with van der Waals surface area (Å²) >= 11 is 3.46. The minimum absolute atomic E-state index is 0.168. The topological polar surface area (TPSA) is 43.0 Å². The molecule has 0 aliphatic heterocycles. The number of hydrogen-bond acceptors (Lipinski definition) is 3. The lowest BCUT2D eigenvalue weighted by molar-refractivity contribution is 0.515. The molecule has 0 fully saturated rings. The number of likely N-dealkylation sites (N-methyl/N-ethyl adjacent to an activating group) is 1. The standard InChI is InChI=1S/C16H18BrN3O/c1-3-20-15-7-5-4-6-11(15)14(19-20)10-13(18-2)12-8-9-21-16(12)17/h4-9,13,18H,3,10H2,1-2H3. The van der Waals surface area contributed by atoms with Gasteiger partial charge < -0.3 is 9.73 Å². The predicted octanol–water partition coefficient (Wildman–Crippen LogP) is 3.91. The molecule has 0 amide bonds. The summed E-state index contributed by atoms with van der Waals surface area (Å²) in [6.07, 6.45) is 2.52. The molecular weight excluding hydrogens is 330 g/mol. The molecule has 0 saturated carbocycles. The van der Waals surface area contributed by atoms with Gasteiger partial charge in [-0.2, -0.15) is 5.10 Å². The average molecular weight is 348 g/mol. The van der Waals surface area contributed by atoms with Crippen molar-refractivity contribution in [1.82, 2.24) is 15.1 Å². The number of halogens is 1. The Morgan fingerprint density at radius 3 is 2.81 bits per heavy atom. The second-order valence-corrected chi connectivity index (χ2v) is 5.69. The molecule has 2 heterocycles. The largest absolute Gasteiger partial charge is 0.457 e. The Morgan fingerprint density at radius 1 is 1.33 bits per heavy atom. The van der Waals surface area contributed by atoms with Crippen molar-refractivity contribution in [2.24, 2.45) is 0 Å². The highest BCUT2D eigenvalue weighted by Gasteiger charge is 2.19. The van der Waals surface area contributed by atoms with E-state index >= 15 is 0 Å². The van der Waals surface area contributed by atoms with Gasteiger partial charge in [-0.1, -0.05) is 18.2 Å². The van der Waals surface area contributed by atoms with Crippen LogP contribution in [0.25, 0.3) is 10.9 Å². The molecule has 3 rings (SSSR count). The van der Waals surface area contributed by atoms with Gasteiger partial charge >= 0.3 is 0 Å². The van der Waals surface area contributed by atoms with E-state index in [9.17, 15) is 0 Å². The number of furan rings is 1. The van der Waals surface area contributed by atoms with E-state index in [1.807, 2.05) is 13.1 Å². The van der Waals surface area contributed by atoms with Gasteiger partial charge in [0.15, 0.2) is 4.67 Å². The minimum atomic E-state index is 0.168. The van der Waals surface area contributed by atoms with Crippen LogP contribution in [0.5, 0.6) is 0 Å². The summed E-state index contributed by atoms with van der Waals surface area (Å²) in [7, 11) is 1.96. The lowest BCUT2D eigenvalue weighted by atomic mass is 10.0. The van der Waals surface area contributed by atoms with E-state index in [0.29, 0.717) is 0 Å². The third-order valence-electron chi connectivity index (χ3n) is 3.80. The van der Waals surface area contributed by atoms with E-state index in [-0.39, 0.29) is 6.04 Å². The Morgan fingerprint density at radius 2 is 2.14 bits per heavy atom. The molecule has 3 aromatic rings. The molecule has 1 atom stereocenters. The van der Waals surface area contributed by atoms with Gasteiger partial charge in [0.2, 0.25) is 0 Å². The molecule has 110 valence electrons. The molecule has 2 aromatic heterocycles. The smallest absolute Gasteiger partial charge is 0.173 e. The molecule has 21 heavy (non-hydrogen) atoms. The summed E-state index contributed by atoms with van der Waals surface area (Å²) in [5, 5.41) is 9.33. The minimum Gasteiger partial charge on any atom is -0.457 e. The molecule has 5 heteroatoms. The Kier molecular flexibility index (Phi) is 4.12. The SMILES string of the molecule is CCn1nc(CC(NC)c2ccoc2Br)c2ccccc21. The molecule has 1 N–H and O–H groups in total. The molecule has 0 aliphatic carbocycles. The van der Waals surface area contributed by atoms with Crippen LogP contribution < -0.4 is 5.32 Å². The van der Waals surface area contributed by atoms with Crippen LogP contribution >= 0.6 is 15.9 Å². The Labute approximate surface area is 132 Å². The van der Waals surface area contributed by atoms with Crippen molar-refractivity contribution in [3.63, 3.8) is 0 Å². The van der Waals surface area contributed by atoms with Crippen molar-refractivity contribution in [3.8, 4) is 0 Å². The van der Waals surface area contributed by atoms with E-state index in [0.717, 1.165) is 28.9 Å². The third kappa shape index (κ3) is 2.63. The number of hydrogen-bond donors (Lipinski definition) is 1. The van der Waals surface area contributed by atoms with Gasteiger partial charge in [0.1, 0.15) is 0 Å². The van der Waals surface area contributed by atoms with Crippen molar-refractivity contribution in [2.75, 3.05) is 7.05 Å². The van der Waals surface area contributed by atoms with Crippen LogP contribution in [0.3, 0.4) is 0 Å². The van der Waals surface area contributed by atoms with Crippen LogP contribution in [0.15, 0.2) is 45.7 Å². The predicted molar refractivity (Wildman–Crippen MR) is 87.3 cm³/mol. The quantitative estimate of drug-likeness (QED) is 0.760. The summed E-state index contributed by atoms with van der Waals surface area (Å²) in [6.45, 7) is 2.99. The highest BCUT2D eigenvalue weighted by molar-refractivity contribution is 9.10. The number of rotatable bonds is 5. The Bertz CT molecular complexity index is 747. The Balaban J connectivity index is 1.99. The van der Waals surface area contributed by atoms with E-state index < -0.39 is 0 Å². The Hall–Kier alpha value is -1.59. The first kappa shape index (κ1) is 14.4. The molecule has 0 bridgehead atoms. The number of nitrogens with one attached hydrogen (secondary N) is 1. The highest BCUT2D eigenvalue weighted by Crippen LogP contribution is 2.29. The summed E-state index contributed by atoms with van der Waals surface area (Å²) in [6, 6.07) is 10.5. The molecule has 0 aliphatic rings. The van der Waals surface area contributed by atoms with E-state index in [1.54, 1.807) is 6.26 Å². The number of aryl methyl sites for hydroxylation is 1. The fraction of sp³-hybridized carbons (Fsp3) is 0.312. The maximum atomic E-state index is 5.35. The number of nitrogens with zero attached hydrogens (tertiary/aromatic N) is 2. The van der Waals surface area contributed by atoms with Gasteiger partial charge in [-0.3, -0.25) is 4.68 Å². The molecule has 0 radical (unpaired) electrons. The zero-order valence-electron chi connectivity index (χ0n) is 12.1. The second kappa shape index (κ2) is 6.03. The van der Waals surface area contributed by atoms with Crippen molar-refractivity contribution < 1.29 is 4.42 Å². The highest BCUT2D eigenvalue weighted by atomic mass is 79.9. The van der Waals surface area contributed by atoms with E-state index in [1.165, 1.54) is 10.9 Å². The number of para-hydroxylation sites is 1. The monoisotopic (exact) mass is 347 g/mol. The molecular formula is C16H18BrN3O. The first-order valence-corrected chi connectivity index (χ1v) is 7.88. The van der Waals surface area contributed by atoms with Crippen molar-refractivity contribution in [2.45, 2.75) is 25.9 Å². The fourth-order valence-corrected chi connectivity index (χ4v) is 3.22. The van der Waals surface area contributed by atoms with Crippen LogP contribution in [0.1, 0.15) is 24.2 Å². The molecule has 1 aromatic carbocycles. The summed E-state index contributed by atoms with van der Waals surface area (Å²) in [5.41, 5.74) is 3.42. The van der Waals surface area contributed by atoms with Gasteiger partial charge in [-0.25, -0.2) is 0 Å². The number of aromatic nitrogens is 2. The van der Waals surface area contributed by atoms with E-state index in [2.05, 4.69) is 57.1 Å². The molecule has 0 saturated heterocycles. The number of benzene rings is 1. The fourth-order valence-electron chi connectivity index (χ4n) is 2.70. The second-order valence-electron chi connectivity index (χ2n) is 4.97. The van der Waals surface area contributed by atoms with E-state index in [4.69, 9.17) is 9.52 Å².